The average Bonchev–Trinajstić information content (AvgIpc) is 2.78. The quantitative estimate of drug-likeness (QED) is 0.453. The highest BCUT2D eigenvalue weighted by Crippen LogP contribution is 2.51. The number of rotatable bonds is 3. The standard InChI is InChI=1S/C19H22F6/c1-2-3-9-4-11-7-13(20)12(8-14(21)17(11)18(9)24)10-5-15(22)19(25)16(23)6-10/h5-6,9,11-14,17-18H,2-4,7-8H2,1H3. The number of halogens is 6. The summed E-state index contributed by atoms with van der Waals surface area (Å²) in [5.74, 6) is -7.09. The number of benzene rings is 1. The van der Waals surface area contributed by atoms with Crippen molar-refractivity contribution < 1.29 is 26.3 Å². The van der Waals surface area contributed by atoms with Crippen molar-refractivity contribution in [1.82, 2.24) is 0 Å². The van der Waals surface area contributed by atoms with E-state index in [9.17, 15) is 26.3 Å². The second-order valence-electron chi connectivity index (χ2n) is 7.47. The van der Waals surface area contributed by atoms with Gasteiger partial charge in [0.15, 0.2) is 17.5 Å². The SMILES string of the molecule is CCCC1CC2CC(F)C(c3cc(F)c(F)c(F)c3)CC(F)C2C1F. The summed E-state index contributed by atoms with van der Waals surface area (Å²) in [4.78, 5) is 0. The Bertz CT molecular complexity index is 595. The van der Waals surface area contributed by atoms with E-state index < -0.39 is 53.7 Å². The highest BCUT2D eigenvalue weighted by Gasteiger charge is 2.51. The van der Waals surface area contributed by atoms with Gasteiger partial charge in [0, 0.05) is 11.8 Å². The molecule has 0 N–H and O–H groups in total. The topological polar surface area (TPSA) is 0 Å². The van der Waals surface area contributed by atoms with E-state index in [0.29, 0.717) is 12.8 Å². The molecule has 2 aliphatic carbocycles. The van der Waals surface area contributed by atoms with Crippen molar-refractivity contribution in [1.29, 1.82) is 0 Å². The molecule has 0 saturated heterocycles. The number of alkyl halides is 3. The van der Waals surface area contributed by atoms with E-state index in [1.54, 1.807) is 0 Å². The Morgan fingerprint density at radius 3 is 2.16 bits per heavy atom. The van der Waals surface area contributed by atoms with Crippen molar-refractivity contribution in [2.45, 2.75) is 63.5 Å². The van der Waals surface area contributed by atoms with Gasteiger partial charge in [-0.05, 0) is 55.2 Å². The van der Waals surface area contributed by atoms with Crippen LogP contribution < -0.4 is 0 Å². The van der Waals surface area contributed by atoms with Crippen LogP contribution in [0.1, 0.15) is 50.5 Å². The second kappa shape index (κ2) is 7.20. The van der Waals surface area contributed by atoms with Crippen LogP contribution in [0.3, 0.4) is 0 Å². The zero-order valence-electron chi connectivity index (χ0n) is 14.0. The highest BCUT2D eigenvalue weighted by atomic mass is 19.2. The van der Waals surface area contributed by atoms with Crippen molar-refractivity contribution >= 4 is 0 Å². The molecule has 140 valence electrons. The maximum Gasteiger partial charge on any atom is 0.194 e. The van der Waals surface area contributed by atoms with E-state index >= 15 is 0 Å². The molecule has 7 unspecified atom stereocenters. The fourth-order valence-electron chi connectivity index (χ4n) is 4.78. The highest BCUT2D eigenvalue weighted by molar-refractivity contribution is 5.25. The first-order valence-electron chi connectivity index (χ1n) is 8.90. The molecule has 1 aromatic carbocycles. The lowest BCUT2D eigenvalue weighted by atomic mass is 9.87. The lowest BCUT2D eigenvalue weighted by molar-refractivity contribution is 0.101. The molecule has 25 heavy (non-hydrogen) atoms. The van der Waals surface area contributed by atoms with Crippen molar-refractivity contribution in [2.75, 3.05) is 0 Å². The summed E-state index contributed by atoms with van der Waals surface area (Å²) in [6.45, 7) is 1.93. The third kappa shape index (κ3) is 3.41. The van der Waals surface area contributed by atoms with E-state index in [1.165, 1.54) is 0 Å². The van der Waals surface area contributed by atoms with E-state index in [-0.39, 0.29) is 24.3 Å². The molecule has 0 bridgehead atoms. The van der Waals surface area contributed by atoms with Crippen LogP contribution in [-0.2, 0) is 0 Å². The van der Waals surface area contributed by atoms with Gasteiger partial charge in [-0.3, -0.25) is 0 Å². The van der Waals surface area contributed by atoms with Crippen LogP contribution in [0.2, 0.25) is 0 Å². The summed E-state index contributed by atoms with van der Waals surface area (Å²) >= 11 is 0. The molecule has 6 heteroatoms. The lowest BCUT2D eigenvalue weighted by Gasteiger charge is -2.23. The average molecular weight is 364 g/mol. The Morgan fingerprint density at radius 2 is 1.56 bits per heavy atom. The first-order chi connectivity index (χ1) is 11.8. The molecular formula is C19H22F6. The monoisotopic (exact) mass is 364 g/mol. The van der Waals surface area contributed by atoms with Gasteiger partial charge in [-0.25, -0.2) is 26.3 Å². The molecule has 0 aromatic heterocycles. The smallest absolute Gasteiger partial charge is 0.194 e. The van der Waals surface area contributed by atoms with Gasteiger partial charge in [0.1, 0.15) is 18.5 Å². The Hall–Kier alpha value is -1.20. The van der Waals surface area contributed by atoms with Gasteiger partial charge in [-0.2, -0.15) is 0 Å². The van der Waals surface area contributed by atoms with Gasteiger partial charge in [0.05, 0.1) is 0 Å². The predicted molar refractivity (Wildman–Crippen MR) is 83.0 cm³/mol. The summed E-state index contributed by atoms with van der Waals surface area (Å²) in [5.41, 5.74) is -0.105. The van der Waals surface area contributed by atoms with Gasteiger partial charge in [0.25, 0.3) is 0 Å². The second-order valence-corrected chi connectivity index (χ2v) is 7.47. The summed E-state index contributed by atoms with van der Waals surface area (Å²) in [6, 6.07) is 1.44. The molecule has 0 nitrogen and oxygen atoms in total. The minimum atomic E-state index is -1.63. The first kappa shape index (κ1) is 18.6. The van der Waals surface area contributed by atoms with E-state index in [4.69, 9.17) is 0 Å². The maximum absolute atomic E-state index is 14.8. The Labute approximate surface area is 143 Å². The minimum absolute atomic E-state index is 0.0308. The van der Waals surface area contributed by atoms with Crippen LogP contribution in [0, 0.1) is 35.2 Å². The van der Waals surface area contributed by atoms with Crippen LogP contribution in [0.4, 0.5) is 26.3 Å². The molecule has 0 heterocycles. The van der Waals surface area contributed by atoms with E-state index in [0.717, 1.165) is 18.6 Å². The van der Waals surface area contributed by atoms with Crippen LogP contribution in [-0.4, -0.2) is 18.5 Å². The Balaban J connectivity index is 1.85. The fraction of sp³-hybridized carbons (Fsp3) is 0.684. The van der Waals surface area contributed by atoms with Crippen molar-refractivity contribution in [3.63, 3.8) is 0 Å². The molecule has 0 radical (unpaired) electrons. The maximum atomic E-state index is 14.8. The van der Waals surface area contributed by atoms with Gasteiger partial charge in [-0.15, -0.1) is 0 Å². The lowest BCUT2D eigenvalue weighted by Crippen LogP contribution is -2.28. The summed E-state index contributed by atoms with van der Waals surface area (Å²) in [6.07, 6.45) is -2.92. The summed E-state index contributed by atoms with van der Waals surface area (Å²) < 4.78 is 84.2. The molecular weight excluding hydrogens is 342 g/mol. The van der Waals surface area contributed by atoms with Crippen LogP contribution in [0.25, 0.3) is 0 Å². The van der Waals surface area contributed by atoms with Gasteiger partial charge >= 0.3 is 0 Å². The number of hydrogen-bond donors (Lipinski definition) is 0. The largest absolute Gasteiger partial charge is 0.247 e. The van der Waals surface area contributed by atoms with Crippen molar-refractivity contribution in [2.24, 2.45) is 17.8 Å². The summed E-state index contributed by atoms with van der Waals surface area (Å²) in [7, 11) is 0. The molecule has 0 aliphatic heterocycles. The van der Waals surface area contributed by atoms with Crippen LogP contribution in [0.5, 0.6) is 0 Å². The third-order valence-electron chi connectivity index (χ3n) is 5.92. The molecule has 2 saturated carbocycles. The van der Waals surface area contributed by atoms with Gasteiger partial charge in [0.2, 0.25) is 0 Å². The fourth-order valence-corrected chi connectivity index (χ4v) is 4.78. The number of fused-ring (bicyclic) bond motifs is 1. The molecule has 7 atom stereocenters. The van der Waals surface area contributed by atoms with E-state index in [2.05, 4.69) is 0 Å². The van der Waals surface area contributed by atoms with Gasteiger partial charge in [-0.1, -0.05) is 13.3 Å². The number of hydrogen-bond acceptors (Lipinski definition) is 0. The van der Waals surface area contributed by atoms with Crippen molar-refractivity contribution in [3.8, 4) is 0 Å². The Kier molecular flexibility index (Phi) is 5.35. The zero-order chi connectivity index (χ0) is 18.3. The molecule has 0 amide bonds. The van der Waals surface area contributed by atoms with Gasteiger partial charge < -0.3 is 0 Å². The summed E-state index contributed by atoms with van der Waals surface area (Å²) in [5, 5.41) is 0. The molecule has 2 fully saturated rings. The Morgan fingerprint density at radius 1 is 0.920 bits per heavy atom. The van der Waals surface area contributed by atoms with Crippen LogP contribution >= 0.6 is 0 Å². The molecule has 3 rings (SSSR count). The zero-order valence-corrected chi connectivity index (χ0v) is 14.0. The minimum Gasteiger partial charge on any atom is -0.247 e. The molecule has 0 spiro atoms. The molecule has 1 aromatic rings. The van der Waals surface area contributed by atoms with E-state index in [1.807, 2.05) is 6.92 Å². The third-order valence-corrected chi connectivity index (χ3v) is 5.92. The first-order valence-corrected chi connectivity index (χ1v) is 8.90. The predicted octanol–water partition coefficient (Wildman–Crippen LogP) is 6.05. The normalized spacial score (nSPS) is 38.4. The van der Waals surface area contributed by atoms with Crippen LogP contribution in [0.15, 0.2) is 12.1 Å². The molecule has 2 aliphatic rings. The van der Waals surface area contributed by atoms with Crippen molar-refractivity contribution in [3.05, 3.63) is 35.1 Å².